The maximum Gasteiger partial charge on any atom is 0.251 e. The van der Waals surface area contributed by atoms with E-state index in [9.17, 15) is 13.6 Å². The van der Waals surface area contributed by atoms with Gasteiger partial charge in [-0.1, -0.05) is 0 Å². The van der Waals surface area contributed by atoms with Crippen LogP contribution in [-0.4, -0.2) is 16.4 Å². The fraction of sp³-hybridized carbons (Fsp3) is 0.385. The van der Waals surface area contributed by atoms with Gasteiger partial charge in [0.1, 0.15) is 11.6 Å². The minimum absolute atomic E-state index is 0.102. The largest absolute Gasteiger partial charge is 0.347 e. The Morgan fingerprint density at radius 3 is 2.39 bits per heavy atom. The van der Waals surface area contributed by atoms with Crippen molar-refractivity contribution in [3.63, 3.8) is 0 Å². The van der Waals surface area contributed by atoms with Gasteiger partial charge in [0, 0.05) is 22.7 Å². The van der Waals surface area contributed by atoms with E-state index in [2.05, 4.69) is 10.3 Å². The number of amides is 1. The summed E-state index contributed by atoms with van der Waals surface area (Å²) in [5.41, 5.74) is 2.46. The normalized spacial score (nSPS) is 22.3. The van der Waals surface area contributed by atoms with E-state index in [1.807, 2.05) is 12.3 Å². The predicted octanol–water partition coefficient (Wildman–Crippen LogP) is 6.14. The Balaban J connectivity index is 1.21. The molecule has 1 amide bonds. The van der Waals surface area contributed by atoms with Crippen molar-refractivity contribution >= 4 is 16.8 Å². The second kappa shape index (κ2) is 8.03. The molecule has 5 heteroatoms. The molecule has 3 nitrogen and oxygen atoms in total. The molecule has 0 unspecified atom stereocenters. The Bertz CT molecular complexity index is 1100. The van der Waals surface area contributed by atoms with Crippen molar-refractivity contribution in [2.24, 2.45) is 5.92 Å². The molecular weight excluding hydrogens is 394 g/mol. The summed E-state index contributed by atoms with van der Waals surface area (Å²) < 4.78 is 26.9. The molecule has 0 bridgehead atoms. The Morgan fingerprint density at radius 1 is 0.968 bits per heavy atom. The summed E-state index contributed by atoms with van der Waals surface area (Å²) >= 11 is 0. The van der Waals surface area contributed by atoms with Gasteiger partial charge in [-0.05, 0) is 111 Å². The molecule has 2 saturated carbocycles. The van der Waals surface area contributed by atoms with Crippen molar-refractivity contribution in [2.45, 2.75) is 56.4 Å². The molecule has 1 aromatic heterocycles. The Kier molecular flexibility index (Phi) is 5.20. The molecular formula is C26H26F2N2O. The summed E-state index contributed by atoms with van der Waals surface area (Å²) in [4.78, 5) is 17.0. The Morgan fingerprint density at radius 2 is 1.68 bits per heavy atom. The van der Waals surface area contributed by atoms with Gasteiger partial charge in [0.15, 0.2) is 0 Å². The van der Waals surface area contributed by atoms with Crippen molar-refractivity contribution in [3.05, 3.63) is 77.5 Å². The fourth-order valence-electron chi connectivity index (χ4n) is 5.17. The van der Waals surface area contributed by atoms with Gasteiger partial charge in [0.05, 0.1) is 5.52 Å². The number of halogens is 2. The standard InChI is InChI=1S/C26H26F2N2O/c27-20-7-5-19(6-8-20)25(31)30-26(12-13-26)16-17-1-3-18(4-2-17)22-11-14-29-24-10-9-21(28)15-23(22)24/h5-11,14-15,17-18H,1-4,12-13,16H2,(H,30,31)/t17-,18+. The van der Waals surface area contributed by atoms with Crippen LogP contribution in [0.4, 0.5) is 8.78 Å². The highest BCUT2D eigenvalue weighted by molar-refractivity contribution is 5.94. The van der Waals surface area contributed by atoms with Crippen LogP contribution in [0.25, 0.3) is 10.9 Å². The number of aromatic nitrogens is 1. The van der Waals surface area contributed by atoms with Crippen LogP contribution in [0.5, 0.6) is 0 Å². The van der Waals surface area contributed by atoms with Gasteiger partial charge in [0.25, 0.3) is 5.91 Å². The number of fused-ring (bicyclic) bond motifs is 1. The molecule has 2 aliphatic carbocycles. The smallest absolute Gasteiger partial charge is 0.251 e. The number of carbonyl (C=O) groups is 1. The number of nitrogens with one attached hydrogen (secondary N) is 1. The first-order valence-corrected chi connectivity index (χ1v) is 11.1. The third-order valence-corrected chi connectivity index (χ3v) is 7.04. The molecule has 0 atom stereocenters. The summed E-state index contributed by atoms with van der Waals surface area (Å²) in [6.07, 6.45) is 9.20. The van der Waals surface area contributed by atoms with Gasteiger partial charge in [-0.3, -0.25) is 9.78 Å². The second-order valence-corrected chi connectivity index (χ2v) is 9.22. The zero-order valence-corrected chi connectivity index (χ0v) is 17.4. The van der Waals surface area contributed by atoms with Crippen molar-refractivity contribution < 1.29 is 13.6 Å². The number of pyridine rings is 1. The van der Waals surface area contributed by atoms with Gasteiger partial charge in [-0.25, -0.2) is 8.78 Å². The first kappa shape index (κ1) is 20.1. The van der Waals surface area contributed by atoms with Crippen molar-refractivity contribution in [2.75, 3.05) is 0 Å². The molecule has 5 rings (SSSR count). The van der Waals surface area contributed by atoms with Crippen LogP contribution < -0.4 is 5.32 Å². The van der Waals surface area contributed by atoms with Gasteiger partial charge >= 0.3 is 0 Å². The molecule has 0 radical (unpaired) electrons. The van der Waals surface area contributed by atoms with Crippen molar-refractivity contribution in [3.8, 4) is 0 Å². The Hall–Kier alpha value is -2.82. The molecule has 160 valence electrons. The summed E-state index contributed by atoms with van der Waals surface area (Å²) in [7, 11) is 0. The number of benzene rings is 2. The lowest BCUT2D eigenvalue weighted by molar-refractivity contribution is 0.0921. The maximum atomic E-state index is 13.8. The van der Waals surface area contributed by atoms with Crippen LogP contribution >= 0.6 is 0 Å². The monoisotopic (exact) mass is 420 g/mol. The third-order valence-electron chi connectivity index (χ3n) is 7.04. The molecule has 2 fully saturated rings. The molecule has 31 heavy (non-hydrogen) atoms. The fourth-order valence-corrected chi connectivity index (χ4v) is 5.17. The summed E-state index contributed by atoms with van der Waals surface area (Å²) in [6.45, 7) is 0. The van der Waals surface area contributed by atoms with Crippen LogP contribution in [0, 0.1) is 17.6 Å². The van der Waals surface area contributed by atoms with E-state index in [0.717, 1.165) is 55.8 Å². The molecule has 3 aromatic rings. The van der Waals surface area contributed by atoms with E-state index < -0.39 is 0 Å². The number of carbonyl (C=O) groups excluding carboxylic acids is 1. The van der Waals surface area contributed by atoms with Gasteiger partial charge in [0.2, 0.25) is 0 Å². The number of nitrogens with zero attached hydrogens (tertiary/aromatic N) is 1. The molecule has 2 aromatic carbocycles. The van der Waals surface area contributed by atoms with Crippen LogP contribution in [0.2, 0.25) is 0 Å². The maximum absolute atomic E-state index is 13.8. The third kappa shape index (κ3) is 4.32. The quantitative estimate of drug-likeness (QED) is 0.539. The average Bonchev–Trinajstić information content (AvgIpc) is 3.53. The highest BCUT2D eigenvalue weighted by Gasteiger charge is 2.45. The van der Waals surface area contributed by atoms with E-state index in [1.54, 1.807) is 12.1 Å². The molecule has 0 aliphatic heterocycles. The van der Waals surface area contributed by atoms with E-state index in [1.165, 1.54) is 35.9 Å². The summed E-state index contributed by atoms with van der Waals surface area (Å²) in [5, 5.41) is 4.14. The Labute approximate surface area is 180 Å². The number of hydrogen-bond donors (Lipinski definition) is 1. The van der Waals surface area contributed by atoms with E-state index in [4.69, 9.17) is 0 Å². The SMILES string of the molecule is O=C(NC1(C[C@H]2CC[C@@H](c3ccnc4ccc(F)cc43)CC2)CC1)c1ccc(F)cc1. The van der Waals surface area contributed by atoms with E-state index in [-0.39, 0.29) is 23.1 Å². The lowest BCUT2D eigenvalue weighted by Gasteiger charge is -2.32. The zero-order valence-electron chi connectivity index (χ0n) is 17.4. The highest BCUT2D eigenvalue weighted by atomic mass is 19.1. The van der Waals surface area contributed by atoms with Crippen molar-refractivity contribution in [1.82, 2.24) is 10.3 Å². The topological polar surface area (TPSA) is 42.0 Å². The first-order valence-electron chi connectivity index (χ1n) is 11.1. The molecule has 1 heterocycles. The molecule has 0 spiro atoms. The summed E-state index contributed by atoms with van der Waals surface area (Å²) in [5.74, 6) is 0.336. The van der Waals surface area contributed by atoms with Gasteiger partial charge in [-0.15, -0.1) is 0 Å². The number of hydrogen-bond acceptors (Lipinski definition) is 2. The van der Waals surface area contributed by atoms with Crippen LogP contribution in [0.1, 0.15) is 66.8 Å². The van der Waals surface area contributed by atoms with Gasteiger partial charge < -0.3 is 5.32 Å². The minimum atomic E-state index is -0.334. The molecule has 1 N–H and O–H groups in total. The highest BCUT2D eigenvalue weighted by Crippen LogP contribution is 2.47. The molecule has 2 aliphatic rings. The zero-order chi connectivity index (χ0) is 21.4. The second-order valence-electron chi connectivity index (χ2n) is 9.22. The average molecular weight is 421 g/mol. The van der Waals surface area contributed by atoms with Crippen LogP contribution in [0.15, 0.2) is 54.7 Å². The van der Waals surface area contributed by atoms with Crippen molar-refractivity contribution in [1.29, 1.82) is 0 Å². The lowest BCUT2D eigenvalue weighted by atomic mass is 9.75. The van der Waals surface area contributed by atoms with Gasteiger partial charge in [-0.2, -0.15) is 0 Å². The first-order chi connectivity index (χ1) is 15.0. The predicted molar refractivity (Wildman–Crippen MR) is 117 cm³/mol. The van der Waals surface area contributed by atoms with Crippen LogP contribution in [-0.2, 0) is 0 Å². The lowest BCUT2D eigenvalue weighted by Crippen LogP contribution is -2.38. The van der Waals surface area contributed by atoms with E-state index in [0.29, 0.717) is 17.4 Å². The van der Waals surface area contributed by atoms with Crippen LogP contribution in [0.3, 0.4) is 0 Å². The minimum Gasteiger partial charge on any atom is -0.347 e. The van der Waals surface area contributed by atoms with E-state index >= 15 is 0 Å². The number of rotatable bonds is 5. The molecule has 0 saturated heterocycles. The summed E-state index contributed by atoms with van der Waals surface area (Å²) in [6, 6.07) is 12.6.